The van der Waals surface area contributed by atoms with Gasteiger partial charge >= 0.3 is 5.97 Å². The van der Waals surface area contributed by atoms with Crippen molar-refractivity contribution < 1.29 is 9.53 Å². The first-order valence-electron chi connectivity index (χ1n) is 3.71. The van der Waals surface area contributed by atoms with E-state index >= 15 is 0 Å². The summed E-state index contributed by atoms with van der Waals surface area (Å²) in [6.07, 6.45) is 2.90. The number of ether oxygens (including phenoxy) is 1. The monoisotopic (exact) mass is 179 g/mol. The third-order valence-electron chi connectivity index (χ3n) is 1.67. The lowest BCUT2D eigenvalue weighted by Crippen LogP contribution is -2.17. The van der Waals surface area contributed by atoms with Gasteiger partial charge in [-0.05, 0) is 6.92 Å². The molecule has 0 amide bonds. The molecule has 1 heterocycles. The van der Waals surface area contributed by atoms with Crippen LogP contribution in [0.5, 0.6) is 0 Å². The average Bonchev–Trinajstić information content (AvgIpc) is 2.63. The number of carbonyl (C=O) groups excluding carboxylic acids is 1. The van der Waals surface area contributed by atoms with Crippen molar-refractivity contribution in [3.8, 4) is 6.07 Å². The molecular formula is C8H9N3O2. The van der Waals surface area contributed by atoms with Crippen molar-refractivity contribution in [3.63, 3.8) is 0 Å². The van der Waals surface area contributed by atoms with E-state index in [4.69, 9.17) is 5.26 Å². The van der Waals surface area contributed by atoms with Crippen molar-refractivity contribution in [2.75, 3.05) is 7.11 Å². The molecule has 0 saturated carbocycles. The zero-order valence-electron chi connectivity index (χ0n) is 7.39. The molecule has 0 N–H and O–H groups in total. The molecule has 5 heteroatoms. The van der Waals surface area contributed by atoms with Crippen LogP contribution in [0.25, 0.3) is 0 Å². The van der Waals surface area contributed by atoms with Gasteiger partial charge in [-0.25, -0.2) is 4.79 Å². The molecule has 68 valence electrons. The Morgan fingerprint density at radius 3 is 3.00 bits per heavy atom. The maximum absolute atomic E-state index is 11.0. The molecule has 0 bridgehead atoms. The van der Waals surface area contributed by atoms with Gasteiger partial charge < -0.3 is 4.74 Å². The molecule has 1 atom stereocenters. The van der Waals surface area contributed by atoms with Crippen molar-refractivity contribution in [2.24, 2.45) is 0 Å². The number of aromatic nitrogens is 2. The van der Waals surface area contributed by atoms with Crippen molar-refractivity contribution in [1.82, 2.24) is 9.78 Å². The Labute approximate surface area is 75.5 Å². The van der Waals surface area contributed by atoms with E-state index in [1.165, 1.54) is 24.2 Å². The lowest BCUT2D eigenvalue weighted by atomic mass is 10.3. The van der Waals surface area contributed by atoms with Crippen LogP contribution < -0.4 is 0 Å². The van der Waals surface area contributed by atoms with E-state index in [0.29, 0.717) is 5.56 Å². The molecule has 1 unspecified atom stereocenters. The second kappa shape index (κ2) is 3.72. The molecule has 1 rings (SSSR count). The van der Waals surface area contributed by atoms with Crippen LogP contribution in [-0.4, -0.2) is 22.9 Å². The van der Waals surface area contributed by atoms with Gasteiger partial charge in [0.15, 0.2) is 0 Å². The molecule has 0 saturated heterocycles. The van der Waals surface area contributed by atoms with Crippen LogP contribution >= 0.6 is 0 Å². The zero-order valence-corrected chi connectivity index (χ0v) is 7.39. The number of carbonyl (C=O) groups is 1. The van der Waals surface area contributed by atoms with Crippen molar-refractivity contribution in [3.05, 3.63) is 18.0 Å². The molecule has 5 nitrogen and oxygen atoms in total. The predicted molar refractivity (Wildman–Crippen MR) is 43.7 cm³/mol. The minimum absolute atomic E-state index is 0.382. The highest BCUT2D eigenvalue weighted by atomic mass is 16.5. The second-order valence-electron chi connectivity index (χ2n) is 2.52. The van der Waals surface area contributed by atoms with Crippen LogP contribution in [0, 0.1) is 11.3 Å². The Hall–Kier alpha value is -1.83. The summed E-state index contributed by atoms with van der Waals surface area (Å²) in [6, 6.07) is 1.43. The minimum Gasteiger partial charge on any atom is -0.467 e. The molecule has 1 aromatic heterocycles. The van der Waals surface area contributed by atoms with Crippen molar-refractivity contribution in [1.29, 1.82) is 5.26 Å². The van der Waals surface area contributed by atoms with Gasteiger partial charge in [0, 0.05) is 6.20 Å². The molecule has 0 spiro atoms. The van der Waals surface area contributed by atoms with Crippen LogP contribution in [0.15, 0.2) is 12.4 Å². The highest BCUT2D eigenvalue weighted by molar-refractivity contribution is 5.73. The zero-order chi connectivity index (χ0) is 9.84. The highest BCUT2D eigenvalue weighted by Gasteiger charge is 2.15. The smallest absolute Gasteiger partial charge is 0.330 e. The molecule has 0 fully saturated rings. The summed E-state index contributed by atoms with van der Waals surface area (Å²) in [5.74, 6) is -0.382. The summed E-state index contributed by atoms with van der Waals surface area (Å²) in [4.78, 5) is 11.0. The Morgan fingerprint density at radius 1 is 1.85 bits per heavy atom. The van der Waals surface area contributed by atoms with Gasteiger partial charge in [-0.2, -0.15) is 10.4 Å². The molecule has 13 heavy (non-hydrogen) atoms. The van der Waals surface area contributed by atoms with Gasteiger partial charge in [-0.3, -0.25) is 4.68 Å². The number of methoxy groups -OCH3 is 1. The summed E-state index contributed by atoms with van der Waals surface area (Å²) < 4.78 is 5.92. The quantitative estimate of drug-likeness (QED) is 0.619. The lowest BCUT2D eigenvalue weighted by molar-refractivity contribution is -0.144. The Balaban J connectivity index is 2.84. The Bertz CT molecular complexity index is 351. The number of hydrogen-bond donors (Lipinski definition) is 0. The number of nitriles is 1. The van der Waals surface area contributed by atoms with Crippen molar-refractivity contribution in [2.45, 2.75) is 13.0 Å². The van der Waals surface area contributed by atoms with Crippen molar-refractivity contribution >= 4 is 5.97 Å². The van der Waals surface area contributed by atoms with Gasteiger partial charge in [0.05, 0.1) is 18.9 Å². The average molecular weight is 179 g/mol. The maximum Gasteiger partial charge on any atom is 0.330 e. The number of esters is 1. The van der Waals surface area contributed by atoms with E-state index in [1.54, 1.807) is 6.92 Å². The fraction of sp³-hybridized carbons (Fsp3) is 0.375. The molecule has 0 radical (unpaired) electrons. The standard InChI is InChI=1S/C8H9N3O2/c1-6(8(12)13-2)11-5-7(3-9)4-10-11/h4-6H,1-2H3. The first-order chi connectivity index (χ1) is 6.19. The highest BCUT2D eigenvalue weighted by Crippen LogP contribution is 2.07. The van der Waals surface area contributed by atoms with Crippen LogP contribution in [0.4, 0.5) is 0 Å². The number of hydrogen-bond acceptors (Lipinski definition) is 4. The summed E-state index contributed by atoms with van der Waals surface area (Å²) >= 11 is 0. The van der Waals surface area contributed by atoms with Gasteiger partial charge in [-0.1, -0.05) is 0 Å². The number of nitrogens with zero attached hydrogens (tertiary/aromatic N) is 3. The SMILES string of the molecule is COC(=O)C(C)n1cc(C#N)cn1. The van der Waals surface area contributed by atoms with E-state index in [0.717, 1.165) is 0 Å². The largest absolute Gasteiger partial charge is 0.467 e. The van der Waals surface area contributed by atoms with Crippen LogP contribution in [-0.2, 0) is 9.53 Å². The summed E-state index contributed by atoms with van der Waals surface area (Å²) in [5, 5.41) is 12.4. The summed E-state index contributed by atoms with van der Waals surface area (Å²) in [6.45, 7) is 1.65. The Kier molecular flexibility index (Phi) is 2.65. The lowest BCUT2D eigenvalue weighted by Gasteiger charge is -2.08. The second-order valence-corrected chi connectivity index (χ2v) is 2.52. The van der Waals surface area contributed by atoms with Crippen LogP contribution in [0.2, 0.25) is 0 Å². The van der Waals surface area contributed by atoms with E-state index in [2.05, 4.69) is 9.84 Å². The third kappa shape index (κ3) is 1.85. The molecular weight excluding hydrogens is 170 g/mol. The normalized spacial score (nSPS) is 11.8. The maximum atomic E-state index is 11.0. The van der Waals surface area contributed by atoms with E-state index < -0.39 is 6.04 Å². The van der Waals surface area contributed by atoms with Gasteiger partial charge in [0.25, 0.3) is 0 Å². The van der Waals surface area contributed by atoms with Crippen LogP contribution in [0.3, 0.4) is 0 Å². The van der Waals surface area contributed by atoms with Gasteiger partial charge in [-0.15, -0.1) is 0 Å². The van der Waals surface area contributed by atoms with Crippen LogP contribution in [0.1, 0.15) is 18.5 Å². The first kappa shape index (κ1) is 9.26. The molecule has 0 aromatic carbocycles. The van der Waals surface area contributed by atoms with Gasteiger partial charge in [0.1, 0.15) is 12.1 Å². The minimum atomic E-state index is -0.493. The fourth-order valence-corrected chi connectivity index (χ4v) is 0.886. The molecule has 0 aliphatic heterocycles. The molecule has 0 aliphatic carbocycles. The van der Waals surface area contributed by atoms with Gasteiger partial charge in [0.2, 0.25) is 0 Å². The Morgan fingerprint density at radius 2 is 2.54 bits per heavy atom. The first-order valence-corrected chi connectivity index (χ1v) is 3.71. The summed E-state index contributed by atoms with van der Waals surface area (Å²) in [7, 11) is 1.31. The summed E-state index contributed by atoms with van der Waals surface area (Å²) in [5.41, 5.74) is 0.427. The fourth-order valence-electron chi connectivity index (χ4n) is 0.886. The molecule has 1 aromatic rings. The molecule has 0 aliphatic rings. The van der Waals surface area contributed by atoms with E-state index in [9.17, 15) is 4.79 Å². The number of rotatable bonds is 2. The van der Waals surface area contributed by atoms with E-state index in [1.807, 2.05) is 6.07 Å². The topological polar surface area (TPSA) is 67.9 Å². The third-order valence-corrected chi connectivity index (χ3v) is 1.67. The van der Waals surface area contributed by atoms with E-state index in [-0.39, 0.29) is 5.97 Å². The predicted octanol–water partition coefficient (Wildman–Crippen LogP) is 0.489.